The molecule has 1 unspecified atom stereocenters. The van der Waals surface area contributed by atoms with Gasteiger partial charge in [0.25, 0.3) is 0 Å². The van der Waals surface area contributed by atoms with E-state index in [0.717, 1.165) is 5.71 Å². The molecule has 0 bridgehead atoms. The number of rotatable bonds is 0. The summed E-state index contributed by atoms with van der Waals surface area (Å²) < 4.78 is 0. The SMILES string of the molecule is C1=CC2=NC=NC2C=C1.[Zn]. The summed E-state index contributed by atoms with van der Waals surface area (Å²) in [4.78, 5) is 8.14. The molecule has 0 aromatic rings. The quantitative estimate of drug-likeness (QED) is 0.500. The minimum Gasteiger partial charge on any atom is -0.260 e. The third-order valence-corrected chi connectivity index (χ3v) is 1.41. The Bertz CT molecular complexity index is 238. The summed E-state index contributed by atoms with van der Waals surface area (Å²) in [6.07, 6.45) is 9.59. The second kappa shape index (κ2) is 3.02. The number of fused-ring (bicyclic) bond motifs is 1. The molecule has 1 heterocycles. The van der Waals surface area contributed by atoms with Gasteiger partial charge in [-0.1, -0.05) is 18.2 Å². The largest absolute Gasteiger partial charge is 0.260 e. The number of allylic oxidation sites excluding steroid dienone is 2. The van der Waals surface area contributed by atoms with Crippen molar-refractivity contribution in [2.45, 2.75) is 6.04 Å². The molecule has 1 atom stereocenters. The van der Waals surface area contributed by atoms with Gasteiger partial charge in [-0.3, -0.25) is 4.99 Å². The number of hydrogen-bond acceptors (Lipinski definition) is 2. The molecule has 2 rings (SSSR count). The molecular formula is C7H6N2Zn. The fourth-order valence-corrected chi connectivity index (χ4v) is 0.938. The molecule has 1 aliphatic carbocycles. The Kier molecular flexibility index (Phi) is 2.28. The molecule has 0 aromatic carbocycles. The Hall–Kier alpha value is -0.557. The molecule has 2 aliphatic rings. The Morgan fingerprint density at radius 1 is 1.30 bits per heavy atom. The van der Waals surface area contributed by atoms with Gasteiger partial charge in [0.05, 0.1) is 5.71 Å². The molecule has 3 heteroatoms. The first-order valence-corrected chi connectivity index (χ1v) is 2.91. The second-order valence-corrected chi connectivity index (χ2v) is 2.01. The standard InChI is InChI=1S/C7H6N2.Zn/c1-2-4-7-6(3-1)8-5-9-7;/h1-6H;. The van der Waals surface area contributed by atoms with Gasteiger partial charge in [0.1, 0.15) is 12.4 Å². The maximum atomic E-state index is 4.09. The first kappa shape index (κ1) is 7.55. The predicted molar refractivity (Wildman–Crippen MR) is 38.0 cm³/mol. The van der Waals surface area contributed by atoms with Crippen molar-refractivity contribution in [1.82, 2.24) is 0 Å². The summed E-state index contributed by atoms with van der Waals surface area (Å²) in [5, 5.41) is 0. The van der Waals surface area contributed by atoms with E-state index >= 15 is 0 Å². The maximum absolute atomic E-state index is 4.09. The van der Waals surface area contributed by atoms with Crippen LogP contribution < -0.4 is 0 Å². The molecule has 0 N–H and O–H groups in total. The van der Waals surface area contributed by atoms with Crippen LogP contribution in [-0.4, -0.2) is 18.1 Å². The number of aliphatic imine (C=N–C) groups is 2. The van der Waals surface area contributed by atoms with Crippen LogP contribution >= 0.6 is 0 Å². The van der Waals surface area contributed by atoms with Crippen molar-refractivity contribution in [2.75, 3.05) is 0 Å². The average Bonchev–Trinajstić information content (AvgIpc) is 2.33. The van der Waals surface area contributed by atoms with Crippen LogP contribution in [-0.2, 0) is 19.5 Å². The normalized spacial score (nSPS) is 25.6. The van der Waals surface area contributed by atoms with Crippen LogP contribution in [0.25, 0.3) is 0 Å². The van der Waals surface area contributed by atoms with Gasteiger partial charge in [-0.05, 0) is 6.08 Å². The van der Waals surface area contributed by atoms with E-state index in [1.54, 1.807) is 6.34 Å². The van der Waals surface area contributed by atoms with E-state index in [1.165, 1.54) is 0 Å². The maximum Gasteiger partial charge on any atom is 0.112 e. The Morgan fingerprint density at radius 3 is 3.00 bits per heavy atom. The molecular weight excluding hydrogens is 177 g/mol. The molecule has 0 amide bonds. The molecule has 1 aliphatic heterocycles. The van der Waals surface area contributed by atoms with Crippen molar-refractivity contribution < 1.29 is 19.5 Å². The summed E-state index contributed by atoms with van der Waals surface area (Å²) >= 11 is 0. The van der Waals surface area contributed by atoms with Crippen LogP contribution in [0, 0.1) is 0 Å². The van der Waals surface area contributed by atoms with Crippen LogP contribution in [0.15, 0.2) is 34.3 Å². The topological polar surface area (TPSA) is 24.7 Å². The molecule has 0 spiro atoms. The van der Waals surface area contributed by atoms with Gasteiger partial charge in [-0.15, -0.1) is 0 Å². The third-order valence-electron chi connectivity index (χ3n) is 1.41. The third kappa shape index (κ3) is 1.14. The zero-order valence-electron chi connectivity index (χ0n) is 5.57. The van der Waals surface area contributed by atoms with Gasteiger partial charge in [-0.2, -0.15) is 0 Å². The minimum atomic E-state index is 0. The van der Waals surface area contributed by atoms with Gasteiger partial charge >= 0.3 is 0 Å². The van der Waals surface area contributed by atoms with Gasteiger partial charge < -0.3 is 0 Å². The first-order chi connectivity index (χ1) is 4.47. The van der Waals surface area contributed by atoms with Crippen molar-refractivity contribution >= 4 is 12.1 Å². The van der Waals surface area contributed by atoms with Crippen molar-refractivity contribution in [1.29, 1.82) is 0 Å². The molecule has 0 saturated carbocycles. The van der Waals surface area contributed by atoms with Crippen molar-refractivity contribution in [3.63, 3.8) is 0 Å². The smallest absolute Gasteiger partial charge is 0.112 e. The second-order valence-electron chi connectivity index (χ2n) is 2.01. The van der Waals surface area contributed by atoms with E-state index < -0.39 is 0 Å². The van der Waals surface area contributed by atoms with Crippen molar-refractivity contribution in [3.8, 4) is 0 Å². The monoisotopic (exact) mass is 182 g/mol. The Balaban J connectivity index is 0.000000500. The van der Waals surface area contributed by atoms with Crippen molar-refractivity contribution in [3.05, 3.63) is 24.3 Å². The summed E-state index contributed by atoms with van der Waals surface area (Å²) in [6.45, 7) is 0. The summed E-state index contributed by atoms with van der Waals surface area (Å²) in [5.41, 5.74) is 1.05. The van der Waals surface area contributed by atoms with Gasteiger partial charge in [-0.25, -0.2) is 4.99 Å². The molecule has 0 aromatic heterocycles. The summed E-state index contributed by atoms with van der Waals surface area (Å²) in [7, 11) is 0. The van der Waals surface area contributed by atoms with Crippen LogP contribution in [0.5, 0.6) is 0 Å². The first-order valence-electron chi connectivity index (χ1n) is 2.91. The van der Waals surface area contributed by atoms with Gasteiger partial charge in [0, 0.05) is 19.5 Å². The van der Waals surface area contributed by atoms with E-state index in [2.05, 4.69) is 9.98 Å². The molecule has 0 fully saturated rings. The number of hydrogen-bond donors (Lipinski definition) is 0. The molecule has 0 saturated heterocycles. The van der Waals surface area contributed by atoms with Crippen LogP contribution in [0.1, 0.15) is 0 Å². The van der Waals surface area contributed by atoms with Crippen LogP contribution in [0.2, 0.25) is 0 Å². The van der Waals surface area contributed by atoms with Gasteiger partial charge in [0.15, 0.2) is 0 Å². The fraction of sp³-hybridized carbons (Fsp3) is 0.143. The van der Waals surface area contributed by atoms with E-state index in [4.69, 9.17) is 0 Å². The Morgan fingerprint density at radius 2 is 2.20 bits per heavy atom. The van der Waals surface area contributed by atoms with E-state index in [9.17, 15) is 0 Å². The van der Waals surface area contributed by atoms with Crippen LogP contribution in [0.4, 0.5) is 0 Å². The van der Waals surface area contributed by atoms with E-state index in [0.29, 0.717) is 0 Å². The average molecular weight is 184 g/mol. The molecule has 2 nitrogen and oxygen atoms in total. The summed E-state index contributed by atoms with van der Waals surface area (Å²) in [6, 6.07) is 0.218. The molecule has 10 heavy (non-hydrogen) atoms. The molecule has 46 valence electrons. The van der Waals surface area contributed by atoms with Crippen molar-refractivity contribution in [2.24, 2.45) is 9.98 Å². The van der Waals surface area contributed by atoms with E-state index in [1.807, 2.05) is 24.3 Å². The van der Waals surface area contributed by atoms with Gasteiger partial charge in [0.2, 0.25) is 0 Å². The minimum absolute atomic E-state index is 0. The zero-order chi connectivity index (χ0) is 6.10. The van der Waals surface area contributed by atoms with E-state index in [-0.39, 0.29) is 25.5 Å². The number of nitrogens with zero attached hydrogens (tertiary/aromatic N) is 2. The Labute approximate surface area is 72.2 Å². The fourth-order valence-electron chi connectivity index (χ4n) is 0.938. The van der Waals surface area contributed by atoms with Crippen LogP contribution in [0.3, 0.4) is 0 Å². The zero-order valence-corrected chi connectivity index (χ0v) is 8.53. The molecule has 0 radical (unpaired) electrons. The summed E-state index contributed by atoms with van der Waals surface area (Å²) in [5.74, 6) is 0. The predicted octanol–water partition coefficient (Wildman–Crippen LogP) is 0.961.